The van der Waals surface area contributed by atoms with Crippen molar-refractivity contribution in [2.75, 3.05) is 12.3 Å². The molecule has 0 aliphatic heterocycles. The number of halogens is 2. The predicted molar refractivity (Wildman–Crippen MR) is 79.2 cm³/mol. The van der Waals surface area contributed by atoms with Gasteiger partial charge < -0.3 is 16.2 Å². The van der Waals surface area contributed by atoms with E-state index in [9.17, 15) is 9.59 Å². The van der Waals surface area contributed by atoms with E-state index in [2.05, 4.69) is 5.32 Å². The minimum atomic E-state index is -0.847. The Bertz CT molecular complexity index is 497. The van der Waals surface area contributed by atoms with Crippen LogP contribution in [0.15, 0.2) is 12.1 Å². The zero-order valence-electron chi connectivity index (χ0n) is 11.0. The van der Waals surface area contributed by atoms with Gasteiger partial charge in [0, 0.05) is 18.5 Å². The van der Waals surface area contributed by atoms with Crippen LogP contribution in [0, 0.1) is 5.92 Å². The van der Waals surface area contributed by atoms with Crippen molar-refractivity contribution < 1.29 is 14.7 Å². The van der Waals surface area contributed by atoms with Crippen LogP contribution < -0.4 is 11.1 Å². The smallest absolute Gasteiger partial charge is 0.303 e. The van der Waals surface area contributed by atoms with E-state index in [1.54, 1.807) is 0 Å². The van der Waals surface area contributed by atoms with Gasteiger partial charge in [0.25, 0.3) is 5.91 Å². The number of hydrogen-bond donors (Lipinski definition) is 3. The van der Waals surface area contributed by atoms with Crippen LogP contribution in [0.25, 0.3) is 0 Å². The van der Waals surface area contributed by atoms with Gasteiger partial charge in [-0.15, -0.1) is 0 Å². The summed E-state index contributed by atoms with van der Waals surface area (Å²) in [6.07, 6.45) is 0.579. The van der Waals surface area contributed by atoms with Gasteiger partial charge in [0.2, 0.25) is 0 Å². The normalized spacial score (nSPS) is 11.9. The number of nitrogens with two attached hydrogens (primary N) is 1. The molecule has 1 rings (SSSR count). The monoisotopic (exact) mass is 318 g/mol. The summed E-state index contributed by atoms with van der Waals surface area (Å²) in [5, 5.41) is 11.7. The summed E-state index contributed by atoms with van der Waals surface area (Å²) < 4.78 is 0. The highest BCUT2D eigenvalue weighted by atomic mass is 35.5. The van der Waals surface area contributed by atoms with Crippen LogP contribution in [-0.2, 0) is 4.79 Å². The molecule has 0 saturated heterocycles. The molecule has 110 valence electrons. The van der Waals surface area contributed by atoms with E-state index >= 15 is 0 Å². The summed E-state index contributed by atoms with van der Waals surface area (Å²) in [7, 11) is 0. The maximum absolute atomic E-state index is 11.9. The number of nitrogens with one attached hydrogen (secondary N) is 1. The number of amides is 1. The molecule has 1 atom stereocenters. The molecule has 0 aliphatic rings. The van der Waals surface area contributed by atoms with Crippen LogP contribution in [0.4, 0.5) is 5.69 Å². The third kappa shape index (κ3) is 4.90. The highest BCUT2D eigenvalue weighted by molar-refractivity contribution is 6.39. The molecule has 0 fully saturated rings. The van der Waals surface area contributed by atoms with Gasteiger partial charge in [-0.1, -0.05) is 30.1 Å². The van der Waals surface area contributed by atoms with E-state index in [4.69, 9.17) is 34.0 Å². The Hall–Kier alpha value is -1.46. The van der Waals surface area contributed by atoms with E-state index < -0.39 is 5.97 Å². The van der Waals surface area contributed by atoms with Crippen LogP contribution in [0.1, 0.15) is 30.1 Å². The maximum Gasteiger partial charge on any atom is 0.303 e. The number of carbonyl (C=O) groups excluding carboxylic acids is 1. The van der Waals surface area contributed by atoms with E-state index in [0.717, 1.165) is 0 Å². The van der Waals surface area contributed by atoms with Crippen LogP contribution in [0.3, 0.4) is 0 Å². The highest BCUT2D eigenvalue weighted by Gasteiger charge is 2.12. The average molecular weight is 319 g/mol. The third-order valence-electron chi connectivity index (χ3n) is 2.80. The predicted octanol–water partition coefficient (Wildman–Crippen LogP) is 2.81. The number of carboxylic acids is 1. The molecule has 1 amide bonds. The molecule has 0 aliphatic carbocycles. The van der Waals surface area contributed by atoms with Crippen LogP contribution in [-0.4, -0.2) is 23.5 Å². The number of carbonyl (C=O) groups is 2. The van der Waals surface area contributed by atoms with Gasteiger partial charge in [-0.05, 0) is 24.5 Å². The lowest BCUT2D eigenvalue weighted by Gasteiger charge is -2.12. The standard InChI is InChI=1S/C13H16Cl2N2O3/c1-7(2-3-11(18)19)6-17-13(20)8-4-9(14)12(16)10(15)5-8/h4-5,7H,2-3,6,16H2,1H3,(H,17,20)(H,18,19). The molecule has 5 nitrogen and oxygen atoms in total. The second-order valence-corrected chi connectivity index (χ2v) is 5.42. The number of hydrogen-bond acceptors (Lipinski definition) is 3. The molecule has 1 aromatic carbocycles. The first-order valence-corrected chi connectivity index (χ1v) is 6.81. The van der Waals surface area contributed by atoms with Gasteiger partial charge >= 0.3 is 5.97 Å². The Kier molecular flexibility index (Phi) is 6.10. The molecule has 4 N–H and O–H groups in total. The number of carboxylic acid groups (broad SMARTS) is 1. The minimum absolute atomic E-state index is 0.0646. The molecule has 1 aromatic rings. The van der Waals surface area contributed by atoms with Gasteiger partial charge in [0.05, 0.1) is 15.7 Å². The van der Waals surface area contributed by atoms with Crippen molar-refractivity contribution in [2.45, 2.75) is 19.8 Å². The number of rotatable bonds is 6. The maximum atomic E-state index is 11.9. The van der Waals surface area contributed by atoms with E-state index in [1.165, 1.54) is 12.1 Å². The molecule has 7 heteroatoms. The molecule has 0 aromatic heterocycles. The average Bonchev–Trinajstić information content (AvgIpc) is 2.39. The fraction of sp³-hybridized carbons (Fsp3) is 0.385. The Labute approximate surface area is 127 Å². The lowest BCUT2D eigenvalue weighted by Crippen LogP contribution is -2.28. The fourth-order valence-electron chi connectivity index (χ4n) is 1.56. The molecule has 0 spiro atoms. The van der Waals surface area contributed by atoms with Crippen molar-refractivity contribution >= 4 is 40.8 Å². The Morgan fingerprint density at radius 2 is 1.90 bits per heavy atom. The van der Waals surface area contributed by atoms with Crippen molar-refractivity contribution in [3.8, 4) is 0 Å². The highest BCUT2D eigenvalue weighted by Crippen LogP contribution is 2.28. The van der Waals surface area contributed by atoms with E-state index in [1.807, 2.05) is 6.92 Å². The lowest BCUT2D eigenvalue weighted by atomic mass is 10.1. The van der Waals surface area contributed by atoms with Crippen molar-refractivity contribution in [3.63, 3.8) is 0 Å². The second-order valence-electron chi connectivity index (χ2n) is 4.60. The van der Waals surface area contributed by atoms with Gasteiger partial charge in [-0.3, -0.25) is 9.59 Å². The van der Waals surface area contributed by atoms with Crippen molar-refractivity contribution in [2.24, 2.45) is 5.92 Å². The van der Waals surface area contributed by atoms with Crippen LogP contribution in [0.5, 0.6) is 0 Å². The SMILES string of the molecule is CC(CCC(=O)O)CNC(=O)c1cc(Cl)c(N)c(Cl)c1. The van der Waals surface area contributed by atoms with Crippen LogP contribution >= 0.6 is 23.2 Å². The lowest BCUT2D eigenvalue weighted by molar-refractivity contribution is -0.137. The zero-order chi connectivity index (χ0) is 15.3. The van der Waals surface area contributed by atoms with Gasteiger partial charge in [-0.2, -0.15) is 0 Å². The third-order valence-corrected chi connectivity index (χ3v) is 3.43. The van der Waals surface area contributed by atoms with Crippen molar-refractivity contribution in [1.29, 1.82) is 0 Å². The first-order valence-electron chi connectivity index (χ1n) is 6.05. The number of nitrogen functional groups attached to an aromatic ring is 1. The summed E-state index contributed by atoms with van der Waals surface area (Å²) in [6.45, 7) is 2.25. The van der Waals surface area contributed by atoms with Gasteiger partial charge in [0.1, 0.15) is 0 Å². The van der Waals surface area contributed by atoms with Crippen molar-refractivity contribution in [1.82, 2.24) is 5.32 Å². The summed E-state index contributed by atoms with van der Waals surface area (Å²) in [5.74, 6) is -1.11. The quantitative estimate of drug-likeness (QED) is 0.703. The largest absolute Gasteiger partial charge is 0.481 e. The topological polar surface area (TPSA) is 92.4 Å². The molecule has 0 bridgehead atoms. The summed E-state index contributed by atoms with van der Waals surface area (Å²) in [5.41, 5.74) is 6.14. The number of benzene rings is 1. The first kappa shape index (κ1) is 16.6. The van der Waals surface area contributed by atoms with Gasteiger partial charge in [-0.25, -0.2) is 0 Å². The minimum Gasteiger partial charge on any atom is -0.481 e. The zero-order valence-corrected chi connectivity index (χ0v) is 12.5. The Morgan fingerprint density at radius 3 is 2.40 bits per heavy atom. The van der Waals surface area contributed by atoms with Gasteiger partial charge in [0.15, 0.2) is 0 Å². The molecular weight excluding hydrogens is 303 g/mol. The Balaban J connectivity index is 2.57. The molecule has 0 heterocycles. The molecular formula is C13H16Cl2N2O3. The summed E-state index contributed by atoms with van der Waals surface area (Å²) in [4.78, 5) is 22.4. The number of anilines is 1. The Morgan fingerprint density at radius 1 is 1.35 bits per heavy atom. The summed E-state index contributed by atoms with van der Waals surface area (Å²) >= 11 is 11.7. The molecule has 0 saturated carbocycles. The van der Waals surface area contributed by atoms with Crippen LogP contribution in [0.2, 0.25) is 10.0 Å². The molecule has 0 radical (unpaired) electrons. The van der Waals surface area contributed by atoms with E-state index in [-0.39, 0.29) is 34.0 Å². The fourth-order valence-corrected chi connectivity index (χ4v) is 2.04. The van der Waals surface area contributed by atoms with E-state index in [0.29, 0.717) is 18.5 Å². The molecule has 20 heavy (non-hydrogen) atoms. The molecule has 1 unspecified atom stereocenters. The number of aliphatic carboxylic acids is 1. The summed E-state index contributed by atoms with van der Waals surface area (Å²) in [6, 6.07) is 2.89. The van der Waals surface area contributed by atoms with Crippen molar-refractivity contribution in [3.05, 3.63) is 27.7 Å². The first-order chi connectivity index (χ1) is 9.31. The second kappa shape index (κ2) is 7.36.